The van der Waals surface area contributed by atoms with E-state index in [9.17, 15) is 4.79 Å². The fourth-order valence-electron chi connectivity index (χ4n) is 2.07. The molecule has 5 heteroatoms. The van der Waals surface area contributed by atoms with Crippen molar-refractivity contribution in [1.29, 1.82) is 0 Å². The second-order valence-electron chi connectivity index (χ2n) is 5.36. The molecule has 0 saturated heterocycles. The Morgan fingerprint density at radius 1 is 1.45 bits per heavy atom. The fourth-order valence-corrected chi connectivity index (χ4v) is 2.07. The van der Waals surface area contributed by atoms with E-state index >= 15 is 0 Å². The number of rotatable bonds is 5. The van der Waals surface area contributed by atoms with Crippen molar-refractivity contribution in [3.8, 4) is 0 Å². The largest absolute Gasteiger partial charge is 0.464 e. The van der Waals surface area contributed by atoms with Crippen LogP contribution in [-0.2, 0) is 16.1 Å². The highest BCUT2D eigenvalue weighted by Crippen LogP contribution is 2.21. The van der Waals surface area contributed by atoms with E-state index in [1.165, 1.54) is 0 Å². The van der Waals surface area contributed by atoms with Gasteiger partial charge in [0.2, 0.25) is 0 Å². The third-order valence-corrected chi connectivity index (χ3v) is 3.25. The Balaban J connectivity index is 2.11. The number of anilines is 1. The minimum Gasteiger partial charge on any atom is -0.464 e. The lowest BCUT2D eigenvalue weighted by atomic mass is 10.1. The molecule has 0 radical (unpaired) electrons. The van der Waals surface area contributed by atoms with Crippen LogP contribution in [0.4, 0.5) is 5.69 Å². The van der Waals surface area contributed by atoms with Gasteiger partial charge in [-0.15, -0.1) is 0 Å². The number of aryl methyl sites for hydroxylation is 1. The highest BCUT2D eigenvalue weighted by molar-refractivity contribution is 5.88. The number of para-hydroxylation sites is 1. The Hall–Kier alpha value is -2.04. The lowest BCUT2D eigenvalue weighted by Crippen LogP contribution is -2.15. The number of esters is 1. The summed E-state index contributed by atoms with van der Waals surface area (Å²) in [5.74, 6) is 1.05. The van der Waals surface area contributed by atoms with E-state index in [0.717, 1.165) is 23.3 Å². The van der Waals surface area contributed by atoms with Crippen LogP contribution in [0.25, 0.3) is 11.0 Å². The number of aromatic nitrogens is 2. The lowest BCUT2D eigenvalue weighted by Gasteiger charge is -2.09. The van der Waals surface area contributed by atoms with Crippen LogP contribution < -0.4 is 5.73 Å². The first kappa shape index (κ1) is 14.4. The standard InChI is InChI=1S/C15H21N3O2/c1-10(2)7-8-20-14(19)9-18-11(3)17-15-12(16)5-4-6-13(15)18/h4-6,10H,7-9,16H2,1-3H3. The summed E-state index contributed by atoms with van der Waals surface area (Å²) in [6, 6.07) is 5.58. The Morgan fingerprint density at radius 2 is 2.20 bits per heavy atom. The predicted molar refractivity (Wildman–Crippen MR) is 79.3 cm³/mol. The quantitative estimate of drug-likeness (QED) is 0.672. The SMILES string of the molecule is Cc1nc2c(N)cccc2n1CC(=O)OCCC(C)C. The smallest absolute Gasteiger partial charge is 0.326 e. The van der Waals surface area contributed by atoms with Gasteiger partial charge in [0.1, 0.15) is 17.9 Å². The number of hydrogen-bond acceptors (Lipinski definition) is 4. The van der Waals surface area contributed by atoms with Crippen LogP contribution in [0.15, 0.2) is 18.2 Å². The van der Waals surface area contributed by atoms with E-state index < -0.39 is 0 Å². The number of carbonyl (C=O) groups is 1. The van der Waals surface area contributed by atoms with Gasteiger partial charge in [0.05, 0.1) is 17.8 Å². The lowest BCUT2D eigenvalue weighted by molar-refractivity contribution is -0.144. The fraction of sp³-hybridized carbons (Fsp3) is 0.467. The van der Waals surface area contributed by atoms with E-state index in [-0.39, 0.29) is 12.5 Å². The van der Waals surface area contributed by atoms with Gasteiger partial charge >= 0.3 is 5.97 Å². The number of fused-ring (bicyclic) bond motifs is 1. The first-order valence-corrected chi connectivity index (χ1v) is 6.86. The highest BCUT2D eigenvalue weighted by Gasteiger charge is 2.13. The van der Waals surface area contributed by atoms with Crippen LogP contribution in [0, 0.1) is 12.8 Å². The van der Waals surface area contributed by atoms with E-state index in [0.29, 0.717) is 18.2 Å². The summed E-state index contributed by atoms with van der Waals surface area (Å²) in [4.78, 5) is 16.3. The molecule has 0 unspecified atom stereocenters. The molecule has 0 spiro atoms. The van der Waals surface area contributed by atoms with Crippen molar-refractivity contribution in [2.75, 3.05) is 12.3 Å². The summed E-state index contributed by atoms with van der Waals surface area (Å²) in [7, 11) is 0. The van der Waals surface area contributed by atoms with Gasteiger partial charge in [-0.3, -0.25) is 4.79 Å². The van der Waals surface area contributed by atoms with Crippen molar-refractivity contribution in [1.82, 2.24) is 9.55 Å². The Labute approximate surface area is 118 Å². The average Bonchev–Trinajstić information content (AvgIpc) is 2.68. The maximum Gasteiger partial charge on any atom is 0.326 e. The second kappa shape index (κ2) is 5.94. The molecule has 2 N–H and O–H groups in total. The van der Waals surface area contributed by atoms with E-state index in [4.69, 9.17) is 10.5 Å². The summed E-state index contributed by atoms with van der Waals surface area (Å²) < 4.78 is 7.08. The third kappa shape index (κ3) is 3.10. The van der Waals surface area contributed by atoms with Crippen molar-refractivity contribution in [2.45, 2.75) is 33.7 Å². The molecule has 0 atom stereocenters. The minimum absolute atomic E-state index is 0.171. The maximum absolute atomic E-state index is 11.9. The topological polar surface area (TPSA) is 70.1 Å². The number of nitrogens with zero attached hydrogens (tertiary/aromatic N) is 2. The molecule has 2 aromatic rings. The van der Waals surface area contributed by atoms with Gasteiger partial charge in [-0.1, -0.05) is 19.9 Å². The van der Waals surface area contributed by atoms with Crippen LogP contribution in [0.2, 0.25) is 0 Å². The van der Waals surface area contributed by atoms with E-state index in [1.54, 1.807) is 6.07 Å². The zero-order chi connectivity index (χ0) is 14.7. The van der Waals surface area contributed by atoms with Crippen molar-refractivity contribution in [3.63, 3.8) is 0 Å². The Kier molecular flexibility index (Phi) is 4.27. The summed E-state index contributed by atoms with van der Waals surface area (Å²) >= 11 is 0. The summed E-state index contributed by atoms with van der Waals surface area (Å²) in [6.07, 6.45) is 0.877. The van der Waals surface area contributed by atoms with Gasteiger partial charge in [-0.05, 0) is 31.4 Å². The van der Waals surface area contributed by atoms with Crippen molar-refractivity contribution >= 4 is 22.7 Å². The molecular formula is C15H21N3O2. The first-order valence-electron chi connectivity index (χ1n) is 6.86. The molecule has 0 bridgehead atoms. The molecule has 1 aromatic heterocycles. The van der Waals surface area contributed by atoms with Gasteiger partial charge in [0, 0.05) is 0 Å². The molecule has 0 fully saturated rings. The maximum atomic E-state index is 11.9. The number of benzene rings is 1. The van der Waals surface area contributed by atoms with Gasteiger partial charge in [0.15, 0.2) is 0 Å². The first-order chi connectivity index (χ1) is 9.49. The molecule has 0 amide bonds. The Bertz CT molecular complexity index is 617. The number of ether oxygens (including phenoxy) is 1. The molecule has 2 rings (SSSR count). The second-order valence-corrected chi connectivity index (χ2v) is 5.36. The minimum atomic E-state index is -0.240. The van der Waals surface area contributed by atoms with Gasteiger partial charge in [-0.2, -0.15) is 0 Å². The normalized spacial score (nSPS) is 11.2. The summed E-state index contributed by atoms with van der Waals surface area (Å²) in [6.45, 7) is 6.70. The monoisotopic (exact) mass is 275 g/mol. The van der Waals surface area contributed by atoms with Gasteiger partial charge in [0.25, 0.3) is 0 Å². The number of nitrogen functional groups attached to an aromatic ring is 1. The number of hydrogen-bond donors (Lipinski definition) is 1. The predicted octanol–water partition coefficient (Wildman–Crippen LogP) is 2.52. The summed E-state index contributed by atoms with van der Waals surface area (Å²) in [5.41, 5.74) is 8.11. The molecule has 0 saturated carbocycles. The molecule has 1 heterocycles. The van der Waals surface area contributed by atoms with Gasteiger partial charge < -0.3 is 15.0 Å². The molecule has 108 valence electrons. The molecule has 1 aromatic carbocycles. The summed E-state index contributed by atoms with van der Waals surface area (Å²) in [5, 5.41) is 0. The van der Waals surface area contributed by atoms with Crippen LogP contribution in [0.5, 0.6) is 0 Å². The number of imidazole rings is 1. The number of carbonyl (C=O) groups excluding carboxylic acids is 1. The molecule has 20 heavy (non-hydrogen) atoms. The number of nitrogens with two attached hydrogens (primary N) is 1. The third-order valence-electron chi connectivity index (χ3n) is 3.25. The van der Waals surface area contributed by atoms with Crippen molar-refractivity contribution in [3.05, 3.63) is 24.0 Å². The zero-order valence-electron chi connectivity index (χ0n) is 12.2. The highest BCUT2D eigenvalue weighted by atomic mass is 16.5. The van der Waals surface area contributed by atoms with Gasteiger partial charge in [-0.25, -0.2) is 4.98 Å². The molecule has 0 aliphatic carbocycles. The molecular weight excluding hydrogens is 254 g/mol. The average molecular weight is 275 g/mol. The molecule has 5 nitrogen and oxygen atoms in total. The molecule has 0 aliphatic heterocycles. The Morgan fingerprint density at radius 3 is 2.90 bits per heavy atom. The van der Waals surface area contributed by atoms with E-state index in [2.05, 4.69) is 18.8 Å². The van der Waals surface area contributed by atoms with Crippen LogP contribution in [-0.4, -0.2) is 22.1 Å². The van der Waals surface area contributed by atoms with Crippen molar-refractivity contribution in [2.24, 2.45) is 5.92 Å². The van der Waals surface area contributed by atoms with E-state index in [1.807, 2.05) is 23.6 Å². The van der Waals surface area contributed by atoms with Crippen molar-refractivity contribution < 1.29 is 9.53 Å². The zero-order valence-corrected chi connectivity index (χ0v) is 12.2. The molecule has 0 aliphatic rings. The van der Waals surface area contributed by atoms with Crippen LogP contribution in [0.3, 0.4) is 0 Å². The van der Waals surface area contributed by atoms with Crippen LogP contribution >= 0.6 is 0 Å². The van der Waals surface area contributed by atoms with Crippen LogP contribution in [0.1, 0.15) is 26.1 Å².